The van der Waals surface area contributed by atoms with Crippen LogP contribution >= 0.6 is 31.9 Å². The Hall–Kier alpha value is -1.34. The number of aromatic nitrogens is 3. The molecule has 0 fully saturated rings. The molecule has 3 N–H and O–H groups in total. The number of nitrogens with zero attached hydrogens (tertiary/aromatic N) is 1. The average Bonchev–Trinajstić information content (AvgIpc) is 2.92. The van der Waals surface area contributed by atoms with E-state index in [1.54, 1.807) is 12.3 Å². The van der Waals surface area contributed by atoms with Crippen LogP contribution in [0.4, 0.5) is 0 Å². The maximum Gasteiger partial charge on any atom is 0.267 e. The molecular weight excluding hydrogens is 376 g/mol. The predicted molar refractivity (Wildman–Crippen MR) is 81.0 cm³/mol. The Morgan fingerprint density at radius 3 is 2.84 bits per heavy atom. The molecule has 0 aromatic carbocycles. The molecule has 0 aliphatic carbocycles. The van der Waals surface area contributed by atoms with Crippen LogP contribution in [0.5, 0.6) is 0 Å². The Morgan fingerprint density at radius 2 is 2.26 bits per heavy atom. The summed E-state index contributed by atoms with van der Waals surface area (Å²) < 4.78 is 1.58. The first-order valence-electron chi connectivity index (χ1n) is 5.58. The predicted octanol–water partition coefficient (Wildman–Crippen LogP) is 1.27. The van der Waals surface area contributed by atoms with Gasteiger partial charge in [0.15, 0.2) is 0 Å². The molecule has 0 radical (unpaired) electrons. The summed E-state index contributed by atoms with van der Waals surface area (Å²) in [6.45, 7) is 4.23. The van der Waals surface area contributed by atoms with E-state index in [4.69, 9.17) is 0 Å². The normalized spacial score (nSPS) is 11.8. The van der Waals surface area contributed by atoms with E-state index in [-0.39, 0.29) is 5.91 Å². The third-order valence-electron chi connectivity index (χ3n) is 2.41. The van der Waals surface area contributed by atoms with Gasteiger partial charge in [-0.15, -0.1) is 0 Å². The zero-order chi connectivity index (χ0) is 13.8. The number of rotatable bonds is 4. The third kappa shape index (κ3) is 3.81. The molecule has 0 bridgehead atoms. The van der Waals surface area contributed by atoms with Crippen molar-refractivity contribution in [2.24, 2.45) is 0 Å². The topological polar surface area (TPSA) is 73.6 Å². The zero-order valence-corrected chi connectivity index (χ0v) is 13.1. The average molecular weight is 388 g/mol. The van der Waals surface area contributed by atoms with Gasteiger partial charge in [0.25, 0.3) is 5.91 Å². The molecule has 0 saturated heterocycles. The second kappa shape index (κ2) is 6.21. The number of H-pyrrole nitrogens is 2. The van der Waals surface area contributed by atoms with E-state index >= 15 is 0 Å². The minimum Gasteiger partial charge on any atom is -0.350 e. The molecular formula is C12H12Br2N4O. The molecule has 19 heavy (non-hydrogen) atoms. The molecule has 0 saturated carbocycles. The van der Waals surface area contributed by atoms with Crippen molar-refractivity contribution < 1.29 is 4.79 Å². The van der Waals surface area contributed by atoms with Crippen LogP contribution in [0.25, 0.3) is 12.7 Å². The van der Waals surface area contributed by atoms with Gasteiger partial charge in [-0.1, -0.05) is 12.7 Å². The highest BCUT2D eigenvalue weighted by atomic mass is 79.9. The molecule has 0 aliphatic heterocycles. The van der Waals surface area contributed by atoms with Crippen molar-refractivity contribution in [1.82, 2.24) is 20.3 Å². The molecule has 2 aromatic rings. The molecule has 0 aliphatic rings. The van der Waals surface area contributed by atoms with E-state index in [9.17, 15) is 4.79 Å². The fourth-order valence-electron chi connectivity index (χ4n) is 1.52. The number of carbonyl (C=O) groups excluding carboxylic acids is 1. The summed E-state index contributed by atoms with van der Waals surface area (Å²) in [7, 11) is 0. The second-order valence-electron chi connectivity index (χ2n) is 3.88. The monoisotopic (exact) mass is 386 g/mol. The van der Waals surface area contributed by atoms with Crippen LogP contribution in [0.2, 0.25) is 0 Å². The van der Waals surface area contributed by atoms with Crippen LogP contribution in [0.1, 0.15) is 16.9 Å². The van der Waals surface area contributed by atoms with Crippen molar-refractivity contribution in [2.75, 3.05) is 6.54 Å². The van der Waals surface area contributed by atoms with Gasteiger partial charge >= 0.3 is 0 Å². The fourth-order valence-corrected chi connectivity index (χ4v) is 2.17. The molecule has 5 nitrogen and oxygen atoms in total. The highest BCUT2D eigenvalue weighted by molar-refractivity contribution is 9.13. The molecule has 2 aromatic heterocycles. The quantitative estimate of drug-likeness (QED) is 0.691. The lowest BCUT2D eigenvalue weighted by molar-refractivity contribution is 0.0950. The van der Waals surface area contributed by atoms with Crippen LogP contribution in [-0.4, -0.2) is 27.4 Å². The van der Waals surface area contributed by atoms with Gasteiger partial charge < -0.3 is 15.3 Å². The Labute approximate surface area is 126 Å². The van der Waals surface area contributed by atoms with Gasteiger partial charge in [-0.2, -0.15) is 0 Å². The van der Waals surface area contributed by atoms with Gasteiger partial charge in [0.1, 0.15) is 11.2 Å². The van der Waals surface area contributed by atoms with Crippen molar-refractivity contribution in [3.8, 4) is 0 Å². The minimum absolute atomic E-state index is 0.137. The first-order chi connectivity index (χ1) is 9.06. The van der Waals surface area contributed by atoms with Crippen molar-refractivity contribution in [3.05, 3.63) is 37.9 Å². The van der Waals surface area contributed by atoms with Crippen LogP contribution in [0.3, 0.4) is 0 Å². The molecule has 0 unspecified atom stereocenters. The van der Waals surface area contributed by atoms with Gasteiger partial charge in [0.05, 0.1) is 20.6 Å². The lowest BCUT2D eigenvalue weighted by atomic mass is 10.3. The molecule has 1 amide bonds. The number of imidazole rings is 1. The number of amides is 1. The van der Waals surface area contributed by atoms with Gasteiger partial charge in [0, 0.05) is 6.54 Å². The first-order valence-corrected chi connectivity index (χ1v) is 7.17. The van der Waals surface area contributed by atoms with E-state index in [0.717, 1.165) is 20.8 Å². The number of nitrogens with one attached hydrogen (secondary N) is 3. The van der Waals surface area contributed by atoms with E-state index in [2.05, 4.69) is 58.7 Å². The van der Waals surface area contributed by atoms with Gasteiger partial charge in [-0.3, -0.25) is 4.79 Å². The lowest BCUT2D eigenvalue weighted by Crippen LogP contribution is -2.24. The van der Waals surface area contributed by atoms with Crippen molar-refractivity contribution in [1.29, 1.82) is 0 Å². The highest BCUT2D eigenvalue weighted by Gasteiger charge is 2.09. The maximum absolute atomic E-state index is 11.8. The summed E-state index contributed by atoms with van der Waals surface area (Å²) >= 11 is 6.61. The van der Waals surface area contributed by atoms with Crippen molar-refractivity contribution in [2.45, 2.75) is 6.42 Å². The summed E-state index contributed by atoms with van der Waals surface area (Å²) in [5.41, 5.74) is 1.15. The van der Waals surface area contributed by atoms with Crippen molar-refractivity contribution in [3.63, 3.8) is 0 Å². The smallest absolute Gasteiger partial charge is 0.267 e. The summed E-state index contributed by atoms with van der Waals surface area (Å²) in [4.78, 5) is 21.7. The van der Waals surface area contributed by atoms with Gasteiger partial charge in [-0.25, -0.2) is 4.98 Å². The minimum atomic E-state index is -0.137. The molecule has 100 valence electrons. The highest BCUT2D eigenvalue weighted by Crippen LogP contribution is 2.22. The third-order valence-corrected chi connectivity index (χ3v) is 4.19. The van der Waals surface area contributed by atoms with E-state index in [1.807, 2.05) is 6.08 Å². The molecule has 2 rings (SSSR count). The van der Waals surface area contributed by atoms with Crippen LogP contribution < -0.4 is 16.1 Å². The SMILES string of the molecule is C=c1nc/c(=C/CCNC(=O)c2cc(Br)c(Br)[nH]2)[nH]1. The fraction of sp³-hybridized carbons (Fsp3) is 0.167. The van der Waals surface area contributed by atoms with Crippen LogP contribution in [-0.2, 0) is 0 Å². The van der Waals surface area contributed by atoms with E-state index in [1.165, 1.54) is 0 Å². The number of hydrogen-bond acceptors (Lipinski definition) is 2. The Bertz CT molecular complexity index is 669. The van der Waals surface area contributed by atoms with Crippen LogP contribution in [0, 0.1) is 0 Å². The summed E-state index contributed by atoms with van der Waals surface area (Å²) in [6, 6.07) is 1.73. The Morgan fingerprint density at radius 1 is 1.47 bits per heavy atom. The van der Waals surface area contributed by atoms with Gasteiger partial charge in [-0.05, 0) is 44.3 Å². The van der Waals surface area contributed by atoms with E-state index < -0.39 is 0 Å². The van der Waals surface area contributed by atoms with Crippen molar-refractivity contribution >= 4 is 50.4 Å². The molecule has 2 heterocycles. The molecule has 0 spiro atoms. The maximum atomic E-state index is 11.8. The first kappa shape index (κ1) is 14.1. The zero-order valence-electron chi connectivity index (χ0n) is 9.96. The summed E-state index contributed by atoms with van der Waals surface area (Å²) in [5, 5.41) is 3.73. The lowest BCUT2D eigenvalue weighted by Gasteiger charge is -2.00. The number of hydrogen-bond donors (Lipinski definition) is 3. The number of halogens is 2. The number of aromatic amines is 2. The Kier molecular flexibility index (Phi) is 4.60. The van der Waals surface area contributed by atoms with Gasteiger partial charge in [0.2, 0.25) is 0 Å². The second-order valence-corrected chi connectivity index (χ2v) is 5.53. The Balaban J connectivity index is 1.86. The molecule has 7 heteroatoms. The van der Waals surface area contributed by atoms with Crippen LogP contribution in [0.15, 0.2) is 21.3 Å². The summed E-state index contributed by atoms with van der Waals surface area (Å²) in [6.07, 6.45) is 4.39. The standard InChI is InChI=1S/C12H12Br2N4O/c1-7-16-6-8(17-7)3-2-4-15-12(19)10-5-9(13)11(14)18-10/h3,5-6,17-18H,1-2,4H2,(H,15,19)/b8-3-. The summed E-state index contributed by atoms with van der Waals surface area (Å²) in [5.74, 6) is -0.137. The largest absolute Gasteiger partial charge is 0.350 e. The van der Waals surface area contributed by atoms with E-state index in [0.29, 0.717) is 17.7 Å². The molecule has 0 atom stereocenters. The number of carbonyl (C=O) groups is 1.